The van der Waals surface area contributed by atoms with Crippen molar-refractivity contribution < 1.29 is 19.4 Å². The van der Waals surface area contributed by atoms with Crippen molar-refractivity contribution in [1.82, 2.24) is 0 Å². The Hall–Kier alpha value is -2.82. The minimum atomic E-state index is -1.04. The zero-order valence-corrected chi connectivity index (χ0v) is 10.8. The molecule has 0 aromatic heterocycles. The molecule has 5 heteroatoms. The SMILES string of the molecule is Cc1ccc(C(=O)O)cc1Oc1ccccc1C(N)=O. The maximum atomic E-state index is 11.3. The van der Waals surface area contributed by atoms with Gasteiger partial charge in [-0.2, -0.15) is 0 Å². The molecule has 2 aromatic rings. The van der Waals surface area contributed by atoms with Crippen LogP contribution in [0.2, 0.25) is 0 Å². The second kappa shape index (κ2) is 5.44. The number of carboxylic acid groups (broad SMARTS) is 1. The van der Waals surface area contributed by atoms with Gasteiger partial charge in [-0.15, -0.1) is 0 Å². The Bertz CT molecular complexity index is 679. The second-order valence-corrected chi connectivity index (χ2v) is 4.25. The number of amides is 1. The molecule has 5 nitrogen and oxygen atoms in total. The van der Waals surface area contributed by atoms with Gasteiger partial charge in [-0.1, -0.05) is 18.2 Å². The molecule has 20 heavy (non-hydrogen) atoms. The number of aryl methyl sites for hydroxylation is 1. The summed E-state index contributed by atoms with van der Waals surface area (Å²) in [5, 5.41) is 8.98. The molecule has 0 saturated carbocycles. The standard InChI is InChI=1S/C15H13NO4/c1-9-6-7-10(15(18)19)8-13(9)20-12-5-3-2-4-11(12)14(16)17/h2-8H,1H3,(H2,16,17)(H,18,19). The highest BCUT2D eigenvalue weighted by molar-refractivity contribution is 5.95. The number of carboxylic acids is 1. The summed E-state index contributed by atoms with van der Waals surface area (Å²) in [4.78, 5) is 22.3. The molecule has 0 aliphatic heterocycles. The molecular formula is C15H13NO4. The summed E-state index contributed by atoms with van der Waals surface area (Å²) in [6, 6.07) is 11.1. The molecule has 0 fully saturated rings. The van der Waals surface area contributed by atoms with Gasteiger partial charge >= 0.3 is 5.97 Å². The van der Waals surface area contributed by atoms with E-state index in [9.17, 15) is 9.59 Å². The summed E-state index contributed by atoms with van der Waals surface area (Å²) in [6.07, 6.45) is 0. The minimum absolute atomic E-state index is 0.113. The Labute approximate surface area is 115 Å². The smallest absolute Gasteiger partial charge is 0.335 e. The molecule has 0 unspecified atom stereocenters. The molecule has 1 amide bonds. The van der Waals surface area contributed by atoms with Gasteiger partial charge in [0.25, 0.3) is 5.91 Å². The van der Waals surface area contributed by atoms with Crippen molar-refractivity contribution in [3.05, 3.63) is 59.2 Å². The van der Waals surface area contributed by atoms with Crippen LogP contribution in [0.4, 0.5) is 0 Å². The molecule has 2 aromatic carbocycles. The van der Waals surface area contributed by atoms with Gasteiger partial charge in [0, 0.05) is 0 Å². The number of benzene rings is 2. The van der Waals surface area contributed by atoms with E-state index in [1.807, 2.05) is 0 Å². The fourth-order valence-corrected chi connectivity index (χ4v) is 1.72. The Balaban J connectivity index is 2.42. The average Bonchev–Trinajstić information content (AvgIpc) is 2.41. The third-order valence-corrected chi connectivity index (χ3v) is 2.81. The Morgan fingerprint density at radius 2 is 1.80 bits per heavy atom. The molecule has 0 radical (unpaired) electrons. The van der Waals surface area contributed by atoms with E-state index in [1.54, 1.807) is 37.3 Å². The molecule has 102 valence electrons. The zero-order chi connectivity index (χ0) is 14.7. The topological polar surface area (TPSA) is 89.6 Å². The molecule has 0 bridgehead atoms. The van der Waals surface area contributed by atoms with Crippen LogP contribution in [0, 0.1) is 6.92 Å². The number of nitrogens with two attached hydrogens (primary N) is 1. The van der Waals surface area contributed by atoms with Crippen LogP contribution in [0.3, 0.4) is 0 Å². The maximum absolute atomic E-state index is 11.3. The maximum Gasteiger partial charge on any atom is 0.335 e. The molecule has 3 N–H and O–H groups in total. The number of carbonyl (C=O) groups is 2. The van der Waals surface area contributed by atoms with Crippen molar-refractivity contribution in [2.45, 2.75) is 6.92 Å². The van der Waals surface area contributed by atoms with Crippen molar-refractivity contribution >= 4 is 11.9 Å². The normalized spacial score (nSPS) is 10.1. The van der Waals surface area contributed by atoms with Crippen LogP contribution in [0.15, 0.2) is 42.5 Å². The molecule has 0 aliphatic carbocycles. The number of ether oxygens (including phenoxy) is 1. The van der Waals surface area contributed by atoms with Crippen molar-refractivity contribution in [3.8, 4) is 11.5 Å². The molecule has 0 atom stereocenters. The Morgan fingerprint density at radius 3 is 2.45 bits per heavy atom. The first-order valence-corrected chi connectivity index (χ1v) is 5.89. The molecule has 0 spiro atoms. The highest BCUT2D eigenvalue weighted by Gasteiger charge is 2.12. The molecule has 0 saturated heterocycles. The first kappa shape index (κ1) is 13.6. The number of aromatic carboxylic acids is 1. The summed E-state index contributed by atoms with van der Waals surface area (Å²) < 4.78 is 5.63. The summed E-state index contributed by atoms with van der Waals surface area (Å²) in [6.45, 7) is 1.79. The third kappa shape index (κ3) is 2.77. The molecule has 0 aliphatic rings. The lowest BCUT2D eigenvalue weighted by molar-refractivity contribution is 0.0696. The van der Waals surface area contributed by atoms with E-state index in [0.717, 1.165) is 5.56 Å². The Morgan fingerprint density at radius 1 is 1.10 bits per heavy atom. The summed E-state index contributed by atoms with van der Waals surface area (Å²) >= 11 is 0. The highest BCUT2D eigenvalue weighted by atomic mass is 16.5. The lowest BCUT2D eigenvalue weighted by Crippen LogP contribution is -2.12. The van der Waals surface area contributed by atoms with E-state index in [1.165, 1.54) is 12.1 Å². The predicted molar refractivity (Wildman–Crippen MR) is 73.2 cm³/mol. The van der Waals surface area contributed by atoms with Crippen LogP contribution in [-0.2, 0) is 0 Å². The summed E-state index contributed by atoms with van der Waals surface area (Å²) in [7, 11) is 0. The monoisotopic (exact) mass is 271 g/mol. The average molecular weight is 271 g/mol. The first-order valence-electron chi connectivity index (χ1n) is 5.89. The number of primary amides is 1. The van der Waals surface area contributed by atoms with Crippen LogP contribution >= 0.6 is 0 Å². The van der Waals surface area contributed by atoms with Crippen LogP contribution in [-0.4, -0.2) is 17.0 Å². The van der Waals surface area contributed by atoms with Crippen LogP contribution in [0.1, 0.15) is 26.3 Å². The van der Waals surface area contributed by atoms with Gasteiger partial charge in [-0.25, -0.2) is 4.79 Å². The third-order valence-electron chi connectivity index (χ3n) is 2.81. The molecule has 0 heterocycles. The number of para-hydroxylation sites is 1. The number of rotatable bonds is 4. The van der Waals surface area contributed by atoms with E-state index in [2.05, 4.69) is 0 Å². The number of hydrogen-bond donors (Lipinski definition) is 2. The lowest BCUT2D eigenvalue weighted by atomic mass is 10.1. The van der Waals surface area contributed by atoms with E-state index >= 15 is 0 Å². The van der Waals surface area contributed by atoms with Crippen molar-refractivity contribution in [2.75, 3.05) is 0 Å². The summed E-state index contributed by atoms with van der Waals surface area (Å²) in [5.41, 5.74) is 6.39. The van der Waals surface area contributed by atoms with Crippen LogP contribution in [0.25, 0.3) is 0 Å². The van der Waals surface area contributed by atoms with E-state index in [0.29, 0.717) is 11.5 Å². The number of carbonyl (C=O) groups excluding carboxylic acids is 1. The van der Waals surface area contributed by atoms with E-state index < -0.39 is 11.9 Å². The van der Waals surface area contributed by atoms with Gasteiger partial charge in [-0.3, -0.25) is 4.79 Å². The van der Waals surface area contributed by atoms with Gasteiger partial charge in [0.2, 0.25) is 0 Å². The van der Waals surface area contributed by atoms with Gasteiger partial charge in [0.1, 0.15) is 11.5 Å². The van der Waals surface area contributed by atoms with Crippen molar-refractivity contribution in [3.63, 3.8) is 0 Å². The van der Waals surface area contributed by atoms with E-state index in [4.69, 9.17) is 15.6 Å². The van der Waals surface area contributed by atoms with E-state index in [-0.39, 0.29) is 11.1 Å². The minimum Gasteiger partial charge on any atom is -0.478 e. The van der Waals surface area contributed by atoms with Crippen molar-refractivity contribution in [2.24, 2.45) is 5.73 Å². The highest BCUT2D eigenvalue weighted by Crippen LogP contribution is 2.28. The van der Waals surface area contributed by atoms with Gasteiger partial charge in [-0.05, 0) is 36.8 Å². The van der Waals surface area contributed by atoms with Crippen LogP contribution in [0.5, 0.6) is 11.5 Å². The van der Waals surface area contributed by atoms with Gasteiger partial charge in [0.05, 0.1) is 11.1 Å². The lowest BCUT2D eigenvalue weighted by Gasteiger charge is -2.11. The largest absolute Gasteiger partial charge is 0.478 e. The fourth-order valence-electron chi connectivity index (χ4n) is 1.72. The second-order valence-electron chi connectivity index (χ2n) is 4.25. The van der Waals surface area contributed by atoms with Crippen LogP contribution < -0.4 is 10.5 Å². The number of hydrogen-bond acceptors (Lipinski definition) is 3. The summed E-state index contributed by atoms with van der Waals surface area (Å²) in [5.74, 6) is -0.977. The predicted octanol–water partition coefficient (Wildman–Crippen LogP) is 2.58. The fraction of sp³-hybridized carbons (Fsp3) is 0.0667. The zero-order valence-electron chi connectivity index (χ0n) is 10.8. The van der Waals surface area contributed by atoms with Crippen molar-refractivity contribution in [1.29, 1.82) is 0 Å². The molecular weight excluding hydrogens is 258 g/mol. The van der Waals surface area contributed by atoms with Gasteiger partial charge < -0.3 is 15.6 Å². The van der Waals surface area contributed by atoms with Gasteiger partial charge in [0.15, 0.2) is 0 Å². The quantitative estimate of drug-likeness (QED) is 0.894. The first-order chi connectivity index (χ1) is 9.49. The Kier molecular flexibility index (Phi) is 3.70. The molecule has 2 rings (SSSR count).